The molecule has 3 heterocycles. The minimum atomic E-state index is -4.78. The highest BCUT2D eigenvalue weighted by atomic mass is 32.2. The van der Waals surface area contributed by atoms with Crippen LogP contribution in [-0.4, -0.2) is 47.7 Å². The van der Waals surface area contributed by atoms with Crippen LogP contribution >= 0.6 is 12.0 Å². The van der Waals surface area contributed by atoms with Crippen molar-refractivity contribution in [2.75, 3.05) is 6.54 Å². The number of fused-ring (bicyclic) bond motifs is 3. The van der Waals surface area contributed by atoms with Gasteiger partial charge in [0.15, 0.2) is 12.6 Å². The molecule has 1 saturated heterocycles. The lowest BCUT2D eigenvalue weighted by molar-refractivity contribution is -0.777. The van der Waals surface area contributed by atoms with Gasteiger partial charge >= 0.3 is 17.8 Å². The molecular formula is C32H36N2O11S2. The van der Waals surface area contributed by atoms with Gasteiger partial charge in [-0.15, -0.1) is 0 Å². The summed E-state index contributed by atoms with van der Waals surface area (Å²) in [6, 6.07) is 8.57. The number of rotatable bonds is 13. The Labute approximate surface area is 276 Å². The molecule has 3 aromatic rings. The quantitative estimate of drug-likeness (QED) is 0.0492. The first-order chi connectivity index (χ1) is 22.3. The molecule has 0 saturated carbocycles. The molecule has 2 aromatic carbocycles. The van der Waals surface area contributed by atoms with E-state index in [2.05, 4.69) is 9.37 Å². The number of unbranched alkanes of at least 4 members (excludes halogenated alkanes) is 2. The number of carbonyl (C=O) groups is 2. The lowest BCUT2D eigenvalue weighted by Gasteiger charge is -2.44. The second-order valence-corrected chi connectivity index (χ2v) is 14.4. The van der Waals surface area contributed by atoms with E-state index < -0.39 is 38.4 Å². The molecule has 2 atom stereocenters. The summed E-state index contributed by atoms with van der Waals surface area (Å²) in [6.07, 6.45) is 9.13. The van der Waals surface area contributed by atoms with Crippen LogP contribution in [0.2, 0.25) is 0 Å². The SMILES string of the molecule is CC1(C)/C(=C\C=C\c2oc3ccc(SOO[O-])cc3[n+]2CCCCCC(=O)O)[N+]2(CCCCC2C(=O)O)c2cc(S(=O)(=O)[O-])ccc21. The van der Waals surface area contributed by atoms with Gasteiger partial charge in [0.1, 0.15) is 21.5 Å². The van der Waals surface area contributed by atoms with Crippen LogP contribution in [0.15, 0.2) is 68.5 Å². The molecule has 0 bridgehead atoms. The van der Waals surface area contributed by atoms with E-state index in [1.807, 2.05) is 24.5 Å². The number of allylic oxidation sites excluding steroid dienone is 3. The molecule has 0 amide bonds. The predicted molar refractivity (Wildman–Crippen MR) is 167 cm³/mol. The molecule has 1 aromatic heterocycles. The summed E-state index contributed by atoms with van der Waals surface area (Å²) >= 11 is 0.744. The highest BCUT2D eigenvalue weighted by Crippen LogP contribution is 2.56. The highest BCUT2D eigenvalue weighted by Gasteiger charge is 2.60. The molecule has 13 nitrogen and oxygen atoms in total. The minimum absolute atomic E-state index is 0.0716. The van der Waals surface area contributed by atoms with Gasteiger partial charge in [-0.2, -0.15) is 8.90 Å². The number of benzene rings is 2. The van der Waals surface area contributed by atoms with Crippen LogP contribution in [0.3, 0.4) is 0 Å². The van der Waals surface area contributed by atoms with Crippen LogP contribution in [0.1, 0.15) is 70.2 Å². The predicted octanol–water partition coefficient (Wildman–Crippen LogP) is 4.33. The number of hydrogen-bond donors (Lipinski definition) is 2. The molecule has 2 unspecified atom stereocenters. The molecule has 47 heavy (non-hydrogen) atoms. The number of piperidine rings is 1. The summed E-state index contributed by atoms with van der Waals surface area (Å²) < 4.78 is 48.6. The first-order valence-electron chi connectivity index (χ1n) is 15.2. The van der Waals surface area contributed by atoms with E-state index in [4.69, 9.17) is 9.52 Å². The third-order valence-corrected chi connectivity index (χ3v) is 10.5. The van der Waals surface area contributed by atoms with Crippen LogP contribution < -0.4 is 14.3 Å². The first-order valence-corrected chi connectivity index (χ1v) is 17.4. The number of carboxylic acid groups (broad SMARTS) is 2. The van der Waals surface area contributed by atoms with Gasteiger partial charge in [-0.3, -0.25) is 9.83 Å². The van der Waals surface area contributed by atoms with E-state index in [9.17, 15) is 32.9 Å². The summed E-state index contributed by atoms with van der Waals surface area (Å²) in [6.45, 7) is 4.85. The molecule has 2 aliphatic heterocycles. The second kappa shape index (κ2) is 13.9. The average Bonchev–Trinajstić information content (AvgIpc) is 3.44. The fourth-order valence-electron chi connectivity index (χ4n) is 7.08. The smallest absolute Gasteiger partial charge is 0.374 e. The zero-order chi connectivity index (χ0) is 34.0. The van der Waals surface area contributed by atoms with Gasteiger partial charge in [0.05, 0.1) is 35.0 Å². The van der Waals surface area contributed by atoms with Crippen molar-refractivity contribution >= 4 is 57.0 Å². The lowest BCUT2D eigenvalue weighted by Crippen LogP contribution is -2.61. The Morgan fingerprint density at radius 3 is 2.64 bits per heavy atom. The van der Waals surface area contributed by atoms with Gasteiger partial charge in [-0.1, -0.05) is 6.07 Å². The fourth-order valence-corrected chi connectivity index (χ4v) is 7.96. The zero-order valence-corrected chi connectivity index (χ0v) is 27.6. The molecule has 2 N–H and O–H groups in total. The summed E-state index contributed by atoms with van der Waals surface area (Å²) in [5.74, 6) is -1.38. The van der Waals surface area contributed by atoms with Crippen molar-refractivity contribution in [3.63, 3.8) is 0 Å². The normalized spacial score (nSPS) is 21.6. The monoisotopic (exact) mass is 688 g/mol. The zero-order valence-electron chi connectivity index (χ0n) is 25.9. The molecule has 5 rings (SSSR count). The Morgan fingerprint density at radius 1 is 1.15 bits per heavy atom. The standard InChI is InChI=1S/C32H36N2O11S2/c1-32(2)23-15-14-22(47(40,41)42)20-26(23)34(18-7-5-9-25(34)31(37)38)28(32)10-8-11-29-33(17-6-3-4-12-30(35)36)24-19-21(46-45-44-39)13-16-27(24)43-29/h8,10-11,13-16,19-20,25H,3-7,9,12,17-18H2,1-2H3,(H2-2,35,36,37,38,39,40,41,42)/b11-8+,28-10+. The molecule has 0 radical (unpaired) electrons. The third kappa shape index (κ3) is 6.88. The van der Waals surface area contributed by atoms with Crippen LogP contribution in [-0.2, 0) is 41.0 Å². The fraction of sp³-hybridized carbons (Fsp3) is 0.406. The third-order valence-electron chi connectivity index (χ3n) is 9.11. The molecule has 2 aliphatic rings. The van der Waals surface area contributed by atoms with Crippen molar-refractivity contribution in [2.45, 2.75) is 86.6 Å². The Bertz CT molecular complexity index is 1850. The van der Waals surface area contributed by atoms with E-state index in [-0.39, 0.29) is 10.9 Å². The number of nitrogens with zero attached hydrogens (tertiary/aromatic N) is 2. The number of aliphatic carboxylic acids is 2. The largest absolute Gasteiger partial charge is 0.744 e. The van der Waals surface area contributed by atoms with Gasteiger partial charge in [-0.25, -0.2) is 17.7 Å². The van der Waals surface area contributed by atoms with Crippen LogP contribution in [0.25, 0.3) is 17.2 Å². The summed E-state index contributed by atoms with van der Waals surface area (Å²) in [4.78, 5) is 23.9. The Kier molecular flexibility index (Phi) is 10.3. The number of carboxylic acids is 2. The topological polar surface area (TPSA) is 190 Å². The first kappa shape index (κ1) is 34.8. The van der Waals surface area contributed by atoms with Crippen LogP contribution in [0.4, 0.5) is 5.69 Å². The molecule has 1 spiro atoms. The average molecular weight is 689 g/mol. The molecule has 1 fully saturated rings. The summed E-state index contributed by atoms with van der Waals surface area (Å²) in [5, 5.41) is 33.3. The van der Waals surface area contributed by atoms with Gasteiger partial charge in [-0.05, 0) is 69.9 Å². The van der Waals surface area contributed by atoms with Crippen molar-refractivity contribution in [2.24, 2.45) is 0 Å². The number of aryl methyl sites for hydroxylation is 1. The van der Waals surface area contributed by atoms with Crippen molar-refractivity contribution in [1.82, 2.24) is 4.48 Å². The molecule has 252 valence electrons. The maximum absolute atomic E-state index is 12.8. The van der Waals surface area contributed by atoms with Gasteiger partial charge < -0.3 is 24.4 Å². The van der Waals surface area contributed by atoms with Crippen molar-refractivity contribution in [3.05, 3.63) is 65.7 Å². The Balaban J connectivity index is 1.59. The van der Waals surface area contributed by atoms with E-state index in [1.54, 1.807) is 36.4 Å². The van der Waals surface area contributed by atoms with E-state index in [0.717, 1.165) is 23.3 Å². The van der Waals surface area contributed by atoms with Gasteiger partial charge in [0, 0.05) is 41.9 Å². The van der Waals surface area contributed by atoms with E-state index in [1.165, 1.54) is 12.1 Å². The Morgan fingerprint density at radius 2 is 1.94 bits per heavy atom. The van der Waals surface area contributed by atoms with Crippen LogP contribution in [0, 0.1) is 0 Å². The van der Waals surface area contributed by atoms with Crippen molar-refractivity contribution in [1.29, 1.82) is 0 Å². The van der Waals surface area contributed by atoms with Gasteiger partial charge in [0.25, 0.3) is 5.52 Å². The van der Waals surface area contributed by atoms with E-state index >= 15 is 0 Å². The molecular weight excluding hydrogens is 652 g/mol. The molecule has 0 aliphatic carbocycles. The molecule has 15 heteroatoms. The number of hydrogen-bond acceptors (Lipinski definition) is 10. The summed E-state index contributed by atoms with van der Waals surface area (Å²) in [5.41, 5.74) is 2.57. The number of aromatic nitrogens is 1. The number of oxazole rings is 1. The maximum Gasteiger partial charge on any atom is 0.374 e. The summed E-state index contributed by atoms with van der Waals surface area (Å²) in [7, 11) is -4.78. The second-order valence-electron chi connectivity index (χ2n) is 12.3. The Hall–Kier alpha value is -3.57. The van der Waals surface area contributed by atoms with Crippen LogP contribution in [0.5, 0.6) is 0 Å². The number of quaternary nitrogens is 1. The van der Waals surface area contributed by atoms with E-state index in [0.29, 0.717) is 79.2 Å². The van der Waals surface area contributed by atoms with Crippen molar-refractivity contribution in [3.8, 4) is 0 Å². The minimum Gasteiger partial charge on any atom is -0.744 e. The highest BCUT2D eigenvalue weighted by molar-refractivity contribution is 7.94. The van der Waals surface area contributed by atoms with Gasteiger partial charge in [0.2, 0.25) is 5.58 Å². The van der Waals surface area contributed by atoms with Crippen molar-refractivity contribution < 1.29 is 56.4 Å². The lowest BCUT2D eigenvalue weighted by atomic mass is 9.83. The maximum atomic E-state index is 12.8.